The molecule has 3 heterocycles. The second-order valence-corrected chi connectivity index (χ2v) is 6.97. The highest BCUT2D eigenvalue weighted by Crippen LogP contribution is 2.17. The standard InChI is InChI=1S/C15H18N4O2S/c20-22(21,19-9-1-2-10-19)18-12-13-3-8-17-15(11-13)14-4-6-16-7-5-14/h3-8,11,18H,1-2,9-10,12H2. The van der Waals surface area contributed by atoms with E-state index < -0.39 is 10.2 Å². The second kappa shape index (κ2) is 6.51. The number of nitrogens with one attached hydrogen (secondary N) is 1. The summed E-state index contributed by atoms with van der Waals surface area (Å²) in [5.41, 5.74) is 2.64. The molecule has 0 aromatic carbocycles. The summed E-state index contributed by atoms with van der Waals surface area (Å²) in [5, 5.41) is 0. The lowest BCUT2D eigenvalue weighted by Crippen LogP contribution is -2.38. The molecule has 0 radical (unpaired) electrons. The van der Waals surface area contributed by atoms with Gasteiger partial charge in [0.15, 0.2) is 0 Å². The second-order valence-electron chi connectivity index (χ2n) is 5.22. The van der Waals surface area contributed by atoms with Gasteiger partial charge >= 0.3 is 0 Å². The van der Waals surface area contributed by atoms with E-state index in [1.54, 1.807) is 18.6 Å². The molecule has 1 N–H and O–H groups in total. The maximum absolute atomic E-state index is 12.2. The van der Waals surface area contributed by atoms with Gasteiger partial charge in [0, 0.05) is 43.8 Å². The Kier molecular flexibility index (Phi) is 4.47. The number of pyridine rings is 2. The first-order valence-corrected chi connectivity index (χ1v) is 8.69. The molecule has 0 spiro atoms. The summed E-state index contributed by atoms with van der Waals surface area (Å²) in [5.74, 6) is 0. The van der Waals surface area contributed by atoms with Crippen molar-refractivity contribution in [3.63, 3.8) is 0 Å². The van der Waals surface area contributed by atoms with Gasteiger partial charge in [-0.1, -0.05) is 0 Å². The van der Waals surface area contributed by atoms with Crippen molar-refractivity contribution in [3.05, 3.63) is 48.4 Å². The third-order valence-electron chi connectivity index (χ3n) is 3.66. The average molecular weight is 318 g/mol. The van der Waals surface area contributed by atoms with E-state index in [0.29, 0.717) is 13.1 Å². The van der Waals surface area contributed by atoms with Gasteiger partial charge in [-0.3, -0.25) is 9.97 Å². The molecule has 0 atom stereocenters. The van der Waals surface area contributed by atoms with Crippen molar-refractivity contribution in [1.82, 2.24) is 19.0 Å². The van der Waals surface area contributed by atoms with Crippen LogP contribution in [0, 0.1) is 0 Å². The van der Waals surface area contributed by atoms with Crippen LogP contribution in [0.1, 0.15) is 18.4 Å². The first-order chi connectivity index (χ1) is 10.6. The van der Waals surface area contributed by atoms with Gasteiger partial charge in [-0.05, 0) is 42.7 Å². The summed E-state index contributed by atoms with van der Waals surface area (Å²) < 4.78 is 28.5. The minimum atomic E-state index is -3.38. The largest absolute Gasteiger partial charge is 0.279 e. The molecule has 0 bridgehead atoms. The van der Waals surface area contributed by atoms with E-state index in [4.69, 9.17) is 0 Å². The van der Waals surface area contributed by atoms with Crippen molar-refractivity contribution in [2.75, 3.05) is 13.1 Å². The fourth-order valence-electron chi connectivity index (χ4n) is 2.46. The van der Waals surface area contributed by atoms with Crippen LogP contribution in [0.4, 0.5) is 0 Å². The topological polar surface area (TPSA) is 75.2 Å². The normalized spacial score (nSPS) is 16.0. The monoisotopic (exact) mass is 318 g/mol. The summed E-state index contributed by atoms with van der Waals surface area (Å²) >= 11 is 0. The third kappa shape index (κ3) is 3.49. The zero-order valence-electron chi connectivity index (χ0n) is 12.1. The smallest absolute Gasteiger partial charge is 0.265 e. The average Bonchev–Trinajstić information content (AvgIpc) is 3.10. The van der Waals surface area contributed by atoms with E-state index in [0.717, 1.165) is 29.7 Å². The van der Waals surface area contributed by atoms with Gasteiger partial charge in [0.05, 0.1) is 5.69 Å². The molecule has 116 valence electrons. The molecule has 1 saturated heterocycles. The summed E-state index contributed by atoms with van der Waals surface area (Å²) in [6, 6.07) is 7.46. The van der Waals surface area contributed by atoms with Crippen molar-refractivity contribution >= 4 is 10.2 Å². The lowest BCUT2D eigenvalue weighted by atomic mass is 10.1. The number of aromatic nitrogens is 2. The lowest BCUT2D eigenvalue weighted by Gasteiger charge is -2.16. The molecule has 0 amide bonds. The van der Waals surface area contributed by atoms with Gasteiger partial charge in [-0.25, -0.2) is 0 Å². The quantitative estimate of drug-likeness (QED) is 0.908. The minimum Gasteiger partial charge on any atom is -0.265 e. The van der Waals surface area contributed by atoms with Crippen LogP contribution in [0.3, 0.4) is 0 Å². The van der Waals surface area contributed by atoms with Gasteiger partial charge in [0.2, 0.25) is 0 Å². The van der Waals surface area contributed by atoms with Gasteiger partial charge in [-0.15, -0.1) is 0 Å². The molecule has 1 aliphatic rings. The van der Waals surface area contributed by atoms with Crippen LogP contribution in [-0.2, 0) is 16.8 Å². The maximum Gasteiger partial charge on any atom is 0.279 e. The Hall–Kier alpha value is -1.83. The van der Waals surface area contributed by atoms with Crippen molar-refractivity contribution < 1.29 is 8.42 Å². The zero-order valence-corrected chi connectivity index (χ0v) is 13.0. The predicted octanol–water partition coefficient (Wildman–Crippen LogP) is 1.57. The zero-order chi connectivity index (χ0) is 15.4. The van der Waals surface area contributed by atoms with Crippen LogP contribution < -0.4 is 4.72 Å². The van der Waals surface area contributed by atoms with Crippen molar-refractivity contribution in [2.45, 2.75) is 19.4 Å². The minimum absolute atomic E-state index is 0.263. The fourth-order valence-corrected chi connectivity index (χ4v) is 3.73. The molecule has 0 saturated carbocycles. The van der Waals surface area contributed by atoms with E-state index in [1.165, 1.54) is 4.31 Å². The van der Waals surface area contributed by atoms with Crippen LogP contribution >= 0.6 is 0 Å². The predicted molar refractivity (Wildman–Crippen MR) is 84.0 cm³/mol. The Morgan fingerprint density at radius 2 is 1.82 bits per heavy atom. The van der Waals surface area contributed by atoms with Crippen LogP contribution in [0.25, 0.3) is 11.3 Å². The molecule has 2 aromatic heterocycles. The molecule has 6 nitrogen and oxygen atoms in total. The van der Waals surface area contributed by atoms with Gasteiger partial charge < -0.3 is 0 Å². The molecule has 1 aliphatic heterocycles. The summed E-state index contributed by atoms with van der Waals surface area (Å²) in [7, 11) is -3.38. The summed E-state index contributed by atoms with van der Waals surface area (Å²) in [6.07, 6.45) is 6.97. The summed E-state index contributed by atoms with van der Waals surface area (Å²) in [6.45, 7) is 1.47. The van der Waals surface area contributed by atoms with Crippen molar-refractivity contribution in [3.8, 4) is 11.3 Å². The van der Waals surface area contributed by atoms with Crippen LogP contribution in [0.15, 0.2) is 42.9 Å². The van der Waals surface area contributed by atoms with E-state index in [2.05, 4.69) is 14.7 Å². The molecule has 0 aliphatic carbocycles. The number of nitrogens with zero attached hydrogens (tertiary/aromatic N) is 3. The molecule has 1 fully saturated rings. The summed E-state index contributed by atoms with van der Waals surface area (Å²) in [4.78, 5) is 8.30. The molecule has 7 heteroatoms. The Balaban J connectivity index is 1.71. The fraction of sp³-hybridized carbons (Fsp3) is 0.333. The molecule has 2 aromatic rings. The van der Waals surface area contributed by atoms with Crippen molar-refractivity contribution in [2.24, 2.45) is 0 Å². The highest BCUT2D eigenvalue weighted by molar-refractivity contribution is 7.87. The van der Waals surface area contributed by atoms with Crippen LogP contribution in [0.2, 0.25) is 0 Å². The molecule has 0 unspecified atom stereocenters. The number of rotatable bonds is 5. The first kappa shape index (κ1) is 15.1. The SMILES string of the molecule is O=S(=O)(NCc1ccnc(-c2ccncc2)c1)N1CCCC1. The van der Waals surface area contributed by atoms with E-state index in [-0.39, 0.29) is 6.54 Å². The Morgan fingerprint density at radius 1 is 1.09 bits per heavy atom. The van der Waals surface area contributed by atoms with E-state index in [9.17, 15) is 8.42 Å². The van der Waals surface area contributed by atoms with E-state index in [1.807, 2.05) is 24.3 Å². The maximum atomic E-state index is 12.2. The number of hydrogen-bond donors (Lipinski definition) is 1. The van der Waals surface area contributed by atoms with E-state index >= 15 is 0 Å². The number of hydrogen-bond acceptors (Lipinski definition) is 4. The molecular weight excluding hydrogens is 300 g/mol. The molecular formula is C15H18N4O2S. The molecule has 22 heavy (non-hydrogen) atoms. The Bertz CT molecular complexity index is 728. The van der Waals surface area contributed by atoms with Crippen LogP contribution in [-0.4, -0.2) is 35.8 Å². The third-order valence-corrected chi connectivity index (χ3v) is 5.22. The van der Waals surface area contributed by atoms with Gasteiger partial charge in [-0.2, -0.15) is 17.4 Å². The van der Waals surface area contributed by atoms with Gasteiger partial charge in [0.25, 0.3) is 10.2 Å². The highest BCUT2D eigenvalue weighted by Gasteiger charge is 2.24. The lowest BCUT2D eigenvalue weighted by molar-refractivity contribution is 0.464. The van der Waals surface area contributed by atoms with Gasteiger partial charge in [0.1, 0.15) is 0 Å². The van der Waals surface area contributed by atoms with Crippen LogP contribution in [0.5, 0.6) is 0 Å². The Morgan fingerprint density at radius 3 is 2.55 bits per heavy atom. The first-order valence-electron chi connectivity index (χ1n) is 7.25. The highest BCUT2D eigenvalue weighted by atomic mass is 32.2. The molecule has 3 rings (SSSR count). The van der Waals surface area contributed by atoms with Crippen molar-refractivity contribution in [1.29, 1.82) is 0 Å². The Labute approximate surface area is 130 Å².